The lowest BCUT2D eigenvalue weighted by molar-refractivity contribution is -0.419. The van der Waals surface area contributed by atoms with Crippen molar-refractivity contribution in [1.29, 1.82) is 0 Å². The Morgan fingerprint density at radius 1 is 0.714 bits per heavy atom. The molecule has 8 heteroatoms. The number of unbranched alkanes of at least 4 members (excludes halogenated alkanes) is 20. The average molecular weight is 626 g/mol. The number of nitrogens with zero attached hydrogens (tertiary/aromatic N) is 1. The fraction of sp³-hybridized carbons (Fsp3) is 0.824. The van der Waals surface area contributed by atoms with E-state index in [0.717, 1.165) is 38.5 Å². The van der Waals surface area contributed by atoms with Gasteiger partial charge in [-0.25, -0.2) is 0 Å². The summed E-state index contributed by atoms with van der Waals surface area (Å²) in [6, 6.07) is 0. The molecule has 0 aliphatic heterocycles. The van der Waals surface area contributed by atoms with Gasteiger partial charge < -0.3 is 5.11 Å². The van der Waals surface area contributed by atoms with Gasteiger partial charge in [0.2, 0.25) is 0 Å². The van der Waals surface area contributed by atoms with Crippen LogP contribution >= 0.6 is 17.2 Å². The Labute approximate surface area is 260 Å². The van der Waals surface area contributed by atoms with E-state index in [4.69, 9.17) is 0 Å². The molecule has 1 aliphatic carbocycles. The SMILES string of the molecule is CCCCCCCCCCCCCC(=O)PC1C=C([N+](=O)[O-])C=CC1(O)PC(=O)CCCCCCCCCCCCC. The molecule has 4 atom stereocenters. The zero-order chi connectivity index (χ0) is 30.9. The molecule has 6 nitrogen and oxygen atoms in total. The second-order valence-electron chi connectivity index (χ2n) is 12.2. The van der Waals surface area contributed by atoms with Crippen LogP contribution in [0.5, 0.6) is 0 Å². The predicted molar refractivity (Wildman–Crippen MR) is 182 cm³/mol. The first-order valence-electron chi connectivity index (χ1n) is 17.2. The van der Waals surface area contributed by atoms with Gasteiger partial charge in [-0.1, -0.05) is 142 Å². The Hall–Kier alpha value is -0.960. The number of carbonyl (C=O) groups is 2. The van der Waals surface area contributed by atoms with Crippen LogP contribution in [0.15, 0.2) is 23.9 Å². The summed E-state index contributed by atoms with van der Waals surface area (Å²) in [6.45, 7) is 4.47. The van der Waals surface area contributed by atoms with Crippen LogP contribution in [0.25, 0.3) is 0 Å². The van der Waals surface area contributed by atoms with Gasteiger partial charge in [0, 0.05) is 30.7 Å². The van der Waals surface area contributed by atoms with Gasteiger partial charge in [-0.2, -0.15) is 0 Å². The Bertz CT molecular complexity index is 816. The molecule has 0 spiro atoms. The van der Waals surface area contributed by atoms with E-state index in [0.29, 0.717) is 12.8 Å². The second kappa shape index (κ2) is 25.4. The van der Waals surface area contributed by atoms with E-state index in [2.05, 4.69) is 13.8 Å². The second-order valence-corrected chi connectivity index (χ2v) is 15.2. The molecule has 1 N–H and O–H groups in total. The highest BCUT2D eigenvalue weighted by Crippen LogP contribution is 2.47. The first-order chi connectivity index (χ1) is 20.3. The molecule has 0 heterocycles. The van der Waals surface area contributed by atoms with E-state index in [1.165, 1.54) is 121 Å². The van der Waals surface area contributed by atoms with Crippen LogP contribution in [-0.4, -0.2) is 32.1 Å². The normalized spacial score (nSPS) is 18.8. The maximum absolute atomic E-state index is 12.8. The van der Waals surface area contributed by atoms with Crippen LogP contribution in [-0.2, 0) is 9.59 Å². The molecule has 1 aliphatic rings. The average Bonchev–Trinajstić information content (AvgIpc) is 2.95. The van der Waals surface area contributed by atoms with Gasteiger partial charge in [0.15, 0.2) is 11.0 Å². The van der Waals surface area contributed by atoms with E-state index in [1.807, 2.05) is 0 Å². The highest BCUT2D eigenvalue weighted by Gasteiger charge is 2.40. The largest absolute Gasteiger partial charge is 0.380 e. The predicted octanol–water partition coefficient (Wildman–Crippen LogP) is 10.6. The Morgan fingerprint density at radius 2 is 1.10 bits per heavy atom. The van der Waals surface area contributed by atoms with Gasteiger partial charge in [-0.3, -0.25) is 19.7 Å². The third-order valence-corrected chi connectivity index (χ3v) is 11.4. The summed E-state index contributed by atoms with van der Waals surface area (Å²) in [5.74, 6) is 0. The molecule has 0 amide bonds. The van der Waals surface area contributed by atoms with Crippen LogP contribution in [0.4, 0.5) is 0 Å². The third-order valence-electron chi connectivity index (χ3n) is 8.20. The number of hydrogen-bond acceptors (Lipinski definition) is 5. The zero-order valence-corrected chi connectivity index (χ0v) is 28.8. The van der Waals surface area contributed by atoms with E-state index in [-0.39, 0.29) is 25.3 Å². The van der Waals surface area contributed by atoms with Crippen molar-refractivity contribution < 1.29 is 19.6 Å². The highest BCUT2D eigenvalue weighted by atomic mass is 31.1. The molecule has 0 aromatic heterocycles. The lowest BCUT2D eigenvalue weighted by atomic mass is 10.1. The van der Waals surface area contributed by atoms with Gasteiger partial charge >= 0.3 is 0 Å². The van der Waals surface area contributed by atoms with Crippen LogP contribution < -0.4 is 0 Å². The molecular formula is C34H61NO5P2. The lowest BCUT2D eigenvalue weighted by Gasteiger charge is -2.32. The maximum atomic E-state index is 12.8. The number of nitro groups is 1. The van der Waals surface area contributed by atoms with Crippen molar-refractivity contribution in [3.63, 3.8) is 0 Å². The molecule has 0 fully saturated rings. The topological polar surface area (TPSA) is 97.5 Å². The Morgan fingerprint density at radius 3 is 1.50 bits per heavy atom. The van der Waals surface area contributed by atoms with Gasteiger partial charge in [0.25, 0.3) is 5.70 Å². The third kappa shape index (κ3) is 19.3. The molecule has 242 valence electrons. The summed E-state index contributed by atoms with van der Waals surface area (Å²) in [4.78, 5) is 36.5. The molecule has 0 aromatic carbocycles. The zero-order valence-electron chi connectivity index (χ0n) is 26.8. The summed E-state index contributed by atoms with van der Waals surface area (Å²) in [5.41, 5.74) is -0.792. The van der Waals surface area contributed by atoms with Crippen molar-refractivity contribution in [1.82, 2.24) is 0 Å². The molecule has 0 aromatic rings. The standard InChI is InChI=1S/C34H61NO5P2/c1-3-5-7-9-11-13-15-17-19-21-23-25-32(36)41-31-29-30(35(39)40)27-28-34(31,38)42-33(37)26-24-22-20-18-16-14-12-10-8-6-4-2/h27-29,31,38,41-42H,3-26H2,1-2H3. The molecule has 0 saturated carbocycles. The quantitative estimate of drug-likeness (QED) is 0.0386. The smallest absolute Gasteiger partial charge is 0.266 e. The van der Waals surface area contributed by atoms with Crippen molar-refractivity contribution >= 4 is 28.2 Å². The number of rotatable bonds is 29. The first-order valence-corrected chi connectivity index (χ1v) is 19.3. The highest BCUT2D eigenvalue weighted by molar-refractivity contribution is 7.63. The van der Waals surface area contributed by atoms with E-state index < -0.39 is 24.5 Å². The minimum atomic E-state index is -1.50. The monoisotopic (exact) mass is 625 g/mol. The number of aliphatic hydroxyl groups is 1. The van der Waals surface area contributed by atoms with Crippen molar-refractivity contribution in [3.8, 4) is 0 Å². The number of allylic oxidation sites excluding steroid dienone is 1. The fourth-order valence-corrected chi connectivity index (χ4v) is 8.32. The Balaban J connectivity index is 2.34. The van der Waals surface area contributed by atoms with Gasteiger partial charge in [0.05, 0.1) is 4.92 Å². The molecule has 1 rings (SSSR count). The minimum Gasteiger partial charge on any atom is -0.380 e. The minimum absolute atomic E-state index is 0.0105. The van der Waals surface area contributed by atoms with Gasteiger partial charge in [0.1, 0.15) is 5.34 Å². The van der Waals surface area contributed by atoms with Crippen molar-refractivity contribution in [3.05, 3.63) is 34.0 Å². The van der Waals surface area contributed by atoms with Gasteiger partial charge in [-0.15, -0.1) is 0 Å². The summed E-state index contributed by atoms with van der Waals surface area (Å²) in [6.07, 6.45) is 31.6. The van der Waals surface area contributed by atoms with Crippen molar-refractivity contribution in [2.45, 2.75) is 179 Å². The van der Waals surface area contributed by atoms with Crippen molar-refractivity contribution in [2.24, 2.45) is 0 Å². The molecule has 0 saturated heterocycles. The maximum Gasteiger partial charge on any atom is 0.266 e. The summed E-state index contributed by atoms with van der Waals surface area (Å²) >= 11 is 0. The number of hydrogen-bond donors (Lipinski definition) is 1. The van der Waals surface area contributed by atoms with E-state index in [9.17, 15) is 24.8 Å². The molecule has 42 heavy (non-hydrogen) atoms. The molecular weight excluding hydrogens is 564 g/mol. The number of carbonyl (C=O) groups excluding carboxylic acids is 2. The summed E-state index contributed by atoms with van der Waals surface area (Å²) < 4.78 is 0. The van der Waals surface area contributed by atoms with Crippen LogP contribution in [0.2, 0.25) is 0 Å². The summed E-state index contributed by atoms with van der Waals surface area (Å²) in [7, 11) is -0.667. The lowest BCUT2D eigenvalue weighted by Crippen LogP contribution is -2.36. The fourth-order valence-electron chi connectivity index (χ4n) is 5.49. The Kier molecular flexibility index (Phi) is 23.6. The van der Waals surface area contributed by atoms with Crippen LogP contribution in [0, 0.1) is 10.1 Å². The van der Waals surface area contributed by atoms with Crippen LogP contribution in [0.3, 0.4) is 0 Å². The molecule has 0 radical (unpaired) electrons. The van der Waals surface area contributed by atoms with Crippen LogP contribution in [0.1, 0.15) is 168 Å². The first kappa shape index (κ1) is 39.1. The van der Waals surface area contributed by atoms with Gasteiger partial charge in [-0.05, 0) is 36.1 Å². The van der Waals surface area contributed by atoms with E-state index in [1.54, 1.807) is 0 Å². The van der Waals surface area contributed by atoms with E-state index >= 15 is 0 Å². The molecule has 0 bridgehead atoms. The molecule has 4 unspecified atom stereocenters. The van der Waals surface area contributed by atoms with Crippen molar-refractivity contribution in [2.75, 3.05) is 0 Å². The summed E-state index contributed by atoms with van der Waals surface area (Å²) in [5, 5.41) is 21.3.